The van der Waals surface area contributed by atoms with Crippen LogP contribution in [0.15, 0.2) is 48.5 Å². The number of carbonyl (C=O) groups is 2. The fraction of sp³-hybridized carbons (Fsp3) is 0.440. The van der Waals surface area contributed by atoms with E-state index < -0.39 is 16.1 Å². The van der Waals surface area contributed by atoms with Gasteiger partial charge in [0.05, 0.1) is 11.9 Å². The summed E-state index contributed by atoms with van der Waals surface area (Å²) in [5.41, 5.74) is 3.38. The third-order valence-electron chi connectivity index (χ3n) is 5.61. The fourth-order valence-corrected chi connectivity index (χ4v) is 4.85. The molecule has 0 saturated heterocycles. The molecule has 0 bridgehead atoms. The van der Waals surface area contributed by atoms with Crippen molar-refractivity contribution in [2.24, 2.45) is 0 Å². The van der Waals surface area contributed by atoms with Crippen molar-refractivity contribution in [3.63, 3.8) is 0 Å². The number of rotatable bonds is 11. The molecule has 0 saturated carbocycles. The van der Waals surface area contributed by atoms with Gasteiger partial charge >= 0.3 is 0 Å². The summed E-state index contributed by atoms with van der Waals surface area (Å²) >= 11 is 0. The summed E-state index contributed by atoms with van der Waals surface area (Å²) in [5, 5.41) is 2.64. The molecule has 0 aliphatic rings. The molecule has 0 aliphatic heterocycles. The third-order valence-corrected chi connectivity index (χ3v) is 6.79. The summed E-state index contributed by atoms with van der Waals surface area (Å²) < 4.78 is 26.4. The predicted molar refractivity (Wildman–Crippen MR) is 132 cm³/mol. The Hall–Kier alpha value is -2.87. The highest BCUT2D eigenvalue weighted by atomic mass is 32.2. The maximum Gasteiger partial charge on any atom is 0.242 e. The summed E-state index contributed by atoms with van der Waals surface area (Å²) in [7, 11) is -1.96. The van der Waals surface area contributed by atoms with Crippen LogP contribution in [0, 0.1) is 13.8 Å². The quantitative estimate of drug-likeness (QED) is 0.542. The lowest BCUT2D eigenvalue weighted by Crippen LogP contribution is -2.48. The van der Waals surface area contributed by atoms with Gasteiger partial charge in [-0.05, 0) is 49.4 Å². The Balaban J connectivity index is 2.20. The van der Waals surface area contributed by atoms with E-state index in [0.29, 0.717) is 25.1 Å². The first-order valence-electron chi connectivity index (χ1n) is 11.2. The van der Waals surface area contributed by atoms with Crippen LogP contribution < -0.4 is 9.62 Å². The van der Waals surface area contributed by atoms with Gasteiger partial charge in [-0.2, -0.15) is 0 Å². The minimum absolute atomic E-state index is 0.136. The second-order valence-electron chi connectivity index (χ2n) is 8.27. The normalized spacial score (nSPS) is 12.2. The molecule has 1 N–H and O–H groups in total. The summed E-state index contributed by atoms with van der Waals surface area (Å²) in [6.07, 6.45) is 2.14. The number of aryl methyl sites for hydroxylation is 2. The van der Waals surface area contributed by atoms with Crippen molar-refractivity contribution in [1.82, 2.24) is 10.2 Å². The Labute approximate surface area is 197 Å². The van der Waals surface area contributed by atoms with Gasteiger partial charge in [-0.15, -0.1) is 0 Å². The molecule has 2 aromatic rings. The fourth-order valence-electron chi connectivity index (χ4n) is 3.84. The van der Waals surface area contributed by atoms with E-state index in [4.69, 9.17) is 0 Å². The number of anilines is 1. The number of amides is 2. The van der Waals surface area contributed by atoms with Crippen LogP contribution in [0.4, 0.5) is 5.69 Å². The first-order valence-corrected chi connectivity index (χ1v) is 13.0. The lowest BCUT2D eigenvalue weighted by molar-refractivity contribution is -0.141. The first kappa shape index (κ1) is 26.4. The third kappa shape index (κ3) is 7.32. The van der Waals surface area contributed by atoms with Crippen LogP contribution >= 0.6 is 0 Å². The van der Waals surface area contributed by atoms with Gasteiger partial charge in [-0.25, -0.2) is 8.42 Å². The average molecular weight is 474 g/mol. The minimum atomic E-state index is -3.52. The average Bonchev–Trinajstić information content (AvgIpc) is 2.78. The molecule has 0 radical (unpaired) electrons. The highest BCUT2D eigenvalue weighted by Gasteiger charge is 2.28. The van der Waals surface area contributed by atoms with Gasteiger partial charge in [0.1, 0.15) is 6.04 Å². The van der Waals surface area contributed by atoms with Gasteiger partial charge in [-0.3, -0.25) is 13.9 Å². The van der Waals surface area contributed by atoms with Gasteiger partial charge in [0.15, 0.2) is 0 Å². The van der Waals surface area contributed by atoms with Gasteiger partial charge in [0.2, 0.25) is 21.8 Å². The number of benzene rings is 2. The van der Waals surface area contributed by atoms with E-state index in [1.807, 2.05) is 69.3 Å². The summed E-state index contributed by atoms with van der Waals surface area (Å²) in [4.78, 5) is 27.3. The molecule has 2 amide bonds. The van der Waals surface area contributed by atoms with Crippen molar-refractivity contribution in [3.8, 4) is 0 Å². The second-order valence-corrected chi connectivity index (χ2v) is 10.2. The molecule has 0 fully saturated rings. The molecule has 7 nitrogen and oxygen atoms in total. The smallest absolute Gasteiger partial charge is 0.242 e. The van der Waals surface area contributed by atoms with Crippen LogP contribution in [0.3, 0.4) is 0 Å². The number of carbonyl (C=O) groups excluding carboxylic acids is 2. The van der Waals surface area contributed by atoms with Crippen LogP contribution in [0.5, 0.6) is 0 Å². The van der Waals surface area contributed by atoms with Crippen LogP contribution in [0.1, 0.15) is 42.9 Å². The van der Waals surface area contributed by atoms with E-state index in [9.17, 15) is 18.0 Å². The number of likely N-dealkylation sites (N-methyl/N-ethyl adjacent to an activating group) is 1. The SMILES string of the molecule is CC[C@@H](C(=O)NC)N(Cc1ccccc1)C(=O)CCCN(c1cc(C)ccc1C)S(C)(=O)=O. The monoisotopic (exact) mass is 473 g/mol. The number of nitrogens with one attached hydrogen (secondary N) is 1. The molecule has 33 heavy (non-hydrogen) atoms. The van der Waals surface area contributed by atoms with Crippen molar-refractivity contribution >= 4 is 27.5 Å². The van der Waals surface area contributed by atoms with Crippen LogP contribution in [-0.4, -0.2) is 51.0 Å². The van der Waals surface area contributed by atoms with Crippen molar-refractivity contribution in [2.75, 3.05) is 24.2 Å². The van der Waals surface area contributed by atoms with Crippen molar-refractivity contribution in [1.29, 1.82) is 0 Å². The molecule has 180 valence electrons. The van der Waals surface area contributed by atoms with E-state index in [-0.39, 0.29) is 24.8 Å². The highest BCUT2D eigenvalue weighted by Crippen LogP contribution is 2.24. The van der Waals surface area contributed by atoms with E-state index >= 15 is 0 Å². The van der Waals surface area contributed by atoms with E-state index in [0.717, 1.165) is 16.7 Å². The Morgan fingerprint density at radius 2 is 1.73 bits per heavy atom. The highest BCUT2D eigenvalue weighted by molar-refractivity contribution is 7.92. The standard InChI is InChI=1S/C25H35N3O4S/c1-6-22(25(30)26-4)27(18-21-11-8-7-9-12-21)24(29)13-10-16-28(33(5,31)32)23-17-19(2)14-15-20(23)3/h7-9,11-12,14-15,17,22H,6,10,13,16,18H2,1-5H3,(H,26,30)/t22-/m0/s1. The molecule has 1 atom stereocenters. The summed E-state index contributed by atoms with van der Waals surface area (Å²) in [6.45, 7) is 6.16. The van der Waals surface area contributed by atoms with E-state index in [2.05, 4.69) is 5.32 Å². The molecular formula is C25H35N3O4S. The zero-order chi connectivity index (χ0) is 24.6. The molecule has 0 aliphatic carbocycles. The molecule has 2 aromatic carbocycles. The molecule has 2 rings (SSSR count). The van der Waals surface area contributed by atoms with Crippen LogP contribution in [0.2, 0.25) is 0 Å². The predicted octanol–water partition coefficient (Wildman–Crippen LogP) is 3.40. The van der Waals surface area contributed by atoms with Crippen LogP contribution in [-0.2, 0) is 26.2 Å². The summed E-state index contributed by atoms with van der Waals surface area (Å²) in [5.74, 6) is -0.390. The second kappa shape index (κ2) is 11.8. The maximum atomic E-state index is 13.2. The first-order chi connectivity index (χ1) is 15.6. The number of sulfonamides is 1. The number of nitrogens with zero attached hydrogens (tertiary/aromatic N) is 2. The topological polar surface area (TPSA) is 86.8 Å². The van der Waals surface area contributed by atoms with Crippen molar-refractivity contribution in [3.05, 3.63) is 65.2 Å². The van der Waals surface area contributed by atoms with Crippen molar-refractivity contribution < 1.29 is 18.0 Å². The van der Waals surface area contributed by atoms with E-state index in [1.165, 1.54) is 10.6 Å². The minimum Gasteiger partial charge on any atom is -0.357 e. The Kier molecular flexibility index (Phi) is 9.46. The lowest BCUT2D eigenvalue weighted by Gasteiger charge is -2.31. The molecule has 0 aromatic heterocycles. The van der Waals surface area contributed by atoms with Gasteiger partial charge < -0.3 is 10.2 Å². The summed E-state index contributed by atoms with van der Waals surface area (Å²) in [6, 6.07) is 14.6. The lowest BCUT2D eigenvalue weighted by atomic mass is 10.1. The molecular weight excluding hydrogens is 438 g/mol. The Morgan fingerprint density at radius 3 is 2.30 bits per heavy atom. The zero-order valence-electron chi connectivity index (χ0n) is 20.2. The van der Waals surface area contributed by atoms with Crippen LogP contribution in [0.25, 0.3) is 0 Å². The molecule has 0 spiro atoms. The Morgan fingerprint density at radius 1 is 1.06 bits per heavy atom. The van der Waals surface area contributed by atoms with Crippen molar-refractivity contribution in [2.45, 2.75) is 52.6 Å². The molecule has 8 heteroatoms. The zero-order valence-corrected chi connectivity index (χ0v) is 21.0. The number of hydrogen-bond donors (Lipinski definition) is 1. The van der Waals surface area contributed by atoms with Gasteiger partial charge in [0, 0.05) is 26.6 Å². The van der Waals surface area contributed by atoms with Gasteiger partial charge in [0.25, 0.3) is 0 Å². The Bertz CT molecular complexity index is 1050. The number of hydrogen-bond acceptors (Lipinski definition) is 4. The van der Waals surface area contributed by atoms with E-state index in [1.54, 1.807) is 11.9 Å². The largest absolute Gasteiger partial charge is 0.357 e. The molecule has 0 unspecified atom stereocenters. The van der Waals surface area contributed by atoms with Gasteiger partial charge in [-0.1, -0.05) is 49.4 Å². The maximum absolute atomic E-state index is 13.2. The molecule has 0 heterocycles.